The predicted octanol–water partition coefficient (Wildman–Crippen LogP) is 2.83. The molecule has 2 N–H and O–H groups in total. The Kier molecular flexibility index (Phi) is 5.39. The SMILES string of the molecule is CCN(CC)c1nc(N)c(C(=O)N(C)C(C)(C)CC)s1. The number of nitrogen functional groups attached to an aromatic ring is 1. The third-order valence-electron chi connectivity index (χ3n) is 3.95. The Morgan fingerprint density at radius 3 is 2.30 bits per heavy atom. The van der Waals surface area contributed by atoms with Crippen LogP contribution >= 0.6 is 11.3 Å². The van der Waals surface area contributed by atoms with Crippen LogP contribution in [0.1, 0.15) is 50.7 Å². The molecule has 0 bridgehead atoms. The van der Waals surface area contributed by atoms with Crippen LogP contribution < -0.4 is 10.6 Å². The van der Waals surface area contributed by atoms with E-state index in [1.165, 1.54) is 11.3 Å². The smallest absolute Gasteiger partial charge is 0.268 e. The summed E-state index contributed by atoms with van der Waals surface area (Å²) in [5.74, 6) is 0.283. The summed E-state index contributed by atoms with van der Waals surface area (Å²) in [5.41, 5.74) is 5.75. The molecule has 1 amide bonds. The highest BCUT2D eigenvalue weighted by atomic mass is 32.1. The van der Waals surface area contributed by atoms with E-state index in [2.05, 4.69) is 30.7 Å². The molecule has 0 unspecified atom stereocenters. The second kappa shape index (κ2) is 6.43. The average Bonchev–Trinajstić information content (AvgIpc) is 2.80. The molecule has 5 nitrogen and oxygen atoms in total. The first-order valence-corrected chi connectivity index (χ1v) is 7.89. The highest BCUT2D eigenvalue weighted by Crippen LogP contribution is 2.30. The number of hydrogen-bond donors (Lipinski definition) is 1. The van der Waals surface area contributed by atoms with Crippen LogP contribution in [0.25, 0.3) is 0 Å². The van der Waals surface area contributed by atoms with Crippen molar-refractivity contribution >= 4 is 28.2 Å². The summed E-state index contributed by atoms with van der Waals surface area (Å²) < 4.78 is 0. The van der Waals surface area contributed by atoms with E-state index in [0.29, 0.717) is 10.7 Å². The van der Waals surface area contributed by atoms with Gasteiger partial charge in [0.25, 0.3) is 5.91 Å². The van der Waals surface area contributed by atoms with Gasteiger partial charge in [-0.15, -0.1) is 0 Å². The first-order valence-electron chi connectivity index (χ1n) is 7.07. The molecule has 0 aliphatic rings. The van der Waals surface area contributed by atoms with Crippen molar-refractivity contribution in [1.82, 2.24) is 9.88 Å². The molecule has 0 aliphatic heterocycles. The Balaban J connectivity index is 3.06. The quantitative estimate of drug-likeness (QED) is 0.877. The summed E-state index contributed by atoms with van der Waals surface area (Å²) in [4.78, 5) is 21.3. The van der Waals surface area contributed by atoms with Crippen LogP contribution in [-0.2, 0) is 0 Å². The fraction of sp³-hybridized carbons (Fsp3) is 0.714. The number of anilines is 2. The van der Waals surface area contributed by atoms with Crippen molar-refractivity contribution in [3.05, 3.63) is 4.88 Å². The summed E-state index contributed by atoms with van der Waals surface area (Å²) in [6.45, 7) is 12.0. The molecule has 0 aromatic carbocycles. The van der Waals surface area contributed by atoms with Gasteiger partial charge >= 0.3 is 0 Å². The lowest BCUT2D eigenvalue weighted by atomic mass is 10.00. The van der Waals surface area contributed by atoms with Gasteiger partial charge in [-0.3, -0.25) is 4.79 Å². The monoisotopic (exact) mass is 298 g/mol. The van der Waals surface area contributed by atoms with Crippen LogP contribution in [-0.4, -0.2) is 41.5 Å². The van der Waals surface area contributed by atoms with E-state index in [1.807, 2.05) is 20.9 Å². The molecule has 0 atom stereocenters. The molecular formula is C14H26N4OS. The Labute approximate surface area is 125 Å². The van der Waals surface area contributed by atoms with E-state index in [1.54, 1.807) is 4.90 Å². The van der Waals surface area contributed by atoms with Gasteiger partial charge in [-0.25, -0.2) is 4.98 Å². The Hall–Kier alpha value is -1.30. The number of nitrogens with two attached hydrogens (primary N) is 1. The molecule has 20 heavy (non-hydrogen) atoms. The average molecular weight is 298 g/mol. The molecule has 0 aliphatic carbocycles. The van der Waals surface area contributed by atoms with Gasteiger partial charge < -0.3 is 15.5 Å². The van der Waals surface area contributed by atoms with Crippen molar-refractivity contribution in [3.63, 3.8) is 0 Å². The number of amides is 1. The highest BCUT2D eigenvalue weighted by molar-refractivity contribution is 7.18. The fourth-order valence-corrected chi connectivity index (χ4v) is 2.86. The van der Waals surface area contributed by atoms with Crippen molar-refractivity contribution in [3.8, 4) is 0 Å². The summed E-state index contributed by atoms with van der Waals surface area (Å²) in [6.07, 6.45) is 0.886. The third-order valence-corrected chi connectivity index (χ3v) is 5.07. The maximum atomic E-state index is 12.6. The molecule has 0 saturated heterocycles. The molecule has 1 heterocycles. The van der Waals surface area contributed by atoms with Gasteiger partial charge in [-0.1, -0.05) is 18.3 Å². The number of hydrogen-bond acceptors (Lipinski definition) is 5. The lowest BCUT2D eigenvalue weighted by Gasteiger charge is -2.34. The van der Waals surface area contributed by atoms with E-state index < -0.39 is 0 Å². The van der Waals surface area contributed by atoms with Gasteiger partial charge in [0.05, 0.1) is 0 Å². The van der Waals surface area contributed by atoms with E-state index in [9.17, 15) is 4.79 Å². The van der Waals surface area contributed by atoms with Crippen molar-refractivity contribution in [2.45, 2.75) is 46.6 Å². The topological polar surface area (TPSA) is 62.5 Å². The van der Waals surface area contributed by atoms with Gasteiger partial charge in [-0.2, -0.15) is 0 Å². The number of rotatable bonds is 6. The molecule has 1 aromatic rings. The molecule has 6 heteroatoms. The number of carbonyl (C=O) groups excluding carboxylic acids is 1. The van der Waals surface area contributed by atoms with Crippen LogP contribution in [0.5, 0.6) is 0 Å². The highest BCUT2D eigenvalue weighted by Gasteiger charge is 2.29. The second-order valence-corrected chi connectivity index (χ2v) is 6.39. The van der Waals surface area contributed by atoms with Crippen LogP contribution in [0.2, 0.25) is 0 Å². The van der Waals surface area contributed by atoms with E-state index >= 15 is 0 Å². The number of nitrogens with zero attached hydrogens (tertiary/aromatic N) is 3. The van der Waals surface area contributed by atoms with Crippen LogP contribution in [0.3, 0.4) is 0 Å². The Bertz CT molecular complexity index is 466. The zero-order chi connectivity index (χ0) is 15.5. The summed E-state index contributed by atoms with van der Waals surface area (Å²) in [7, 11) is 1.82. The minimum atomic E-state index is -0.192. The van der Waals surface area contributed by atoms with Crippen LogP contribution in [0, 0.1) is 0 Å². The molecular weight excluding hydrogens is 272 g/mol. The molecule has 1 aromatic heterocycles. The minimum absolute atomic E-state index is 0.0507. The predicted molar refractivity (Wildman–Crippen MR) is 86.6 cm³/mol. The number of thiazole rings is 1. The second-order valence-electron chi connectivity index (χ2n) is 5.41. The maximum Gasteiger partial charge on any atom is 0.268 e. The van der Waals surface area contributed by atoms with Crippen molar-refractivity contribution in [2.75, 3.05) is 30.8 Å². The van der Waals surface area contributed by atoms with Gasteiger partial charge in [0.15, 0.2) is 5.13 Å². The van der Waals surface area contributed by atoms with Crippen molar-refractivity contribution in [2.24, 2.45) is 0 Å². The first kappa shape index (κ1) is 16.8. The van der Waals surface area contributed by atoms with E-state index in [0.717, 1.165) is 24.6 Å². The van der Waals surface area contributed by atoms with E-state index in [-0.39, 0.29) is 11.4 Å². The summed E-state index contributed by atoms with van der Waals surface area (Å²) in [6, 6.07) is 0. The summed E-state index contributed by atoms with van der Waals surface area (Å²) >= 11 is 1.38. The van der Waals surface area contributed by atoms with Crippen LogP contribution in [0.15, 0.2) is 0 Å². The molecule has 0 spiro atoms. The van der Waals surface area contributed by atoms with Gasteiger partial charge in [0.2, 0.25) is 0 Å². The van der Waals surface area contributed by atoms with Crippen molar-refractivity contribution in [1.29, 1.82) is 0 Å². The third kappa shape index (κ3) is 3.23. The van der Waals surface area contributed by atoms with Crippen molar-refractivity contribution < 1.29 is 4.79 Å². The Morgan fingerprint density at radius 2 is 1.85 bits per heavy atom. The molecule has 0 saturated carbocycles. The number of aromatic nitrogens is 1. The number of carbonyl (C=O) groups is 1. The van der Waals surface area contributed by atoms with Gasteiger partial charge in [0.1, 0.15) is 10.7 Å². The standard InChI is InChI=1S/C14H26N4OS/c1-7-14(4,5)17(6)12(19)10-11(15)16-13(20-10)18(8-2)9-3/h7-9,15H2,1-6H3. The normalized spacial score (nSPS) is 11.5. The minimum Gasteiger partial charge on any atom is -0.382 e. The lowest BCUT2D eigenvalue weighted by Crippen LogP contribution is -2.44. The fourth-order valence-electron chi connectivity index (χ4n) is 1.77. The molecule has 1 rings (SSSR count). The molecule has 0 fully saturated rings. The largest absolute Gasteiger partial charge is 0.382 e. The Morgan fingerprint density at radius 1 is 1.30 bits per heavy atom. The molecule has 114 valence electrons. The maximum absolute atomic E-state index is 12.6. The van der Waals surface area contributed by atoms with Crippen LogP contribution in [0.4, 0.5) is 10.9 Å². The van der Waals surface area contributed by atoms with Gasteiger partial charge in [-0.05, 0) is 34.1 Å². The molecule has 0 radical (unpaired) electrons. The van der Waals surface area contributed by atoms with Gasteiger partial charge in [0, 0.05) is 25.7 Å². The lowest BCUT2D eigenvalue weighted by molar-refractivity contribution is 0.0626. The first-order chi connectivity index (χ1) is 9.28. The van der Waals surface area contributed by atoms with E-state index in [4.69, 9.17) is 5.73 Å². The zero-order valence-corrected chi connectivity index (χ0v) is 14.2. The zero-order valence-electron chi connectivity index (χ0n) is 13.4. The summed E-state index contributed by atoms with van der Waals surface area (Å²) in [5, 5.41) is 0.818.